The molecule has 0 fully saturated rings. The lowest BCUT2D eigenvalue weighted by molar-refractivity contribution is 0.0584. The van der Waals surface area contributed by atoms with Gasteiger partial charge in [0.15, 0.2) is 0 Å². The van der Waals surface area contributed by atoms with Crippen LogP contribution >= 0.6 is 0 Å². The molecule has 0 heterocycles. The maximum Gasteiger partial charge on any atom is 0.0700 e. The molecular formula is C18H44O6. The summed E-state index contributed by atoms with van der Waals surface area (Å²) in [4.78, 5) is 0. The van der Waals surface area contributed by atoms with Crippen LogP contribution in [0.15, 0.2) is 0 Å². The Labute approximate surface area is 151 Å². The Morgan fingerprint density at radius 1 is 0.375 bits per heavy atom. The molecule has 0 spiro atoms. The van der Waals surface area contributed by atoms with E-state index < -0.39 is 0 Å². The molecule has 152 valence electrons. The minimum absolute atomic E-state index is 0.702. The molecule has 0 radical (unpaired) electrons. The summed E-state index contributed by atoms with van der Waals surface area (Å²) in [6, 6.07) is 0. The van der Waals surface area contributed by atoms with Gasteiger partial charge in [-0.3, -0.25) is 0 Å². The summed E-state index contributed by atoms with van der Waals surface area (Å²) in [5.74, 6) is 0. The fourth-order valence-corrected chi connectivity index (χ4v) is 0.897. The zero-order valence-electron chi connectivity index (χ0n) is 17.5. The standard InChI is InChI=1S/C6H14O2.C5H12O2.C4H10O.C3H8O/c1-3-7-5-6-8-4-2;1-3-7-5-4-6-2;1-3-5-4-2;1-3-4-2/h3-6H2,1-2H3;3-5H2,1-2H3;3-4H2,1-2H3;3H2,1-2H3. The van der Waals surface area contributed by atoms with E-state index in [-0.39, 0.29) is 0 Å². The first-order valence-electron chi connectivity index (χ1n) is 8.95. The number of hydrogen-bond acceptors (Lipinski definition) is 6. The van der Waals surface area contributed by atoms with Gasteiger partial charge in [0.2, 0.25) is 0 Å². The maximum atomic E-state index is 5.01. The Balaban J connectivity index is -0.000000115. The monoisotopic (exact) mass is 356 g/mol. The van der Waals surface area contributed by atoms with Crippen molar-refractivity contribution in [3.63, 3.8) is 0 Å². The maximum absolute atomic E-state index is 5.01. The molecule has 6 heteroatoms. The molecule has 0 atom stereocenters. The molecule has 0 amide bonds. The third kappa shape index (κ3) is 67.8. The van der Waals surface area contributed by atoms with Gasteiger partial charge in [0.05, 0.1) is 26.4 Å². The second kappa shape index (κ2) is 43.4. The van der Waals surface area contributed by atoms with E-state index in [9.17, 15) is 0 Å². The van der Waals surface area contributed by atoms with Gasteiger partial charge in [-0.15, -0.1) is 0 Å². The molecule has 6 nitrogen and oxygen atoms in total. The molecule has 0 aliphatic rings. The lowest BCUT2D eigenvalue weighted by atomic mass is 10.7. The van der Waals surface area contributed by atoms with Crippen LogP contribution in [-0.4, -0.2) is 80.3 Å². The predicted molar refractivity (Wildman–Crippen MR) is 101 cm³/mol. The molecule has 0 bridgehead atoms. The SMILES string of the molecule is CCOC.CCOCC.CCOCCOC.CCOCCOCC. The van der Waals surface area contributed by atoms with Gasteiger partial charge in [-0.05, 0) is 41.5 Å². The lowest BCUT2D eigenvalue weighted by Crippen LogP contribution is -2.02. The van der Waals surface area contributed by atoms with Crippen LogP contribution < -0.4 is 0 Å². The van der Waals surface area contributed by atoms with E-state index in [1.807, 2.05) is 41.5 Å². The van der Waals surface area contributed by atoms with Gasteiger partial charge >= 0.3 is 0 Å². The summed E-state index contributed by atoms with van der Waals surface area (Å²) in [5.41, 5.74) is 0. The highest BCUT2D eigenvalue weighted by Crippen LogP contribution is 1.75. The minimum atomic E-state index is 0.702. The van der Waals surface area contributed by atoms with Crippen molar-refractivity contribution in [2.24, 2.45) is 0 Å². The van der Waals surface area contributed by atoms with Crippen molar-refractivity contribution in [3.05, 3.63) is 0 Å². The third-order valence-corrected chi connectivity index (χ3v) is 2.11. The van der Waals surface area contributed by atoms with Gasteiger partial charge in [0, 0.05) is 53.9 Å². The number of rotatable bonds is 12. The highest BCUT2D eigenvalue weighted by atomic mass is 16.5. The molecule has 0 aliphatic carbocycles. The molecule has 0 aromatic carbocycles. The van der Waals surface area contributed by atoms with Crippen LogP contribution in [0.2, 0.25) is 0 Å². The summed E-state index contributed by atoms with van der Waals surface area (Å²) in [5, 5.41) is 0. The zero-order valence-corrected chi connectivity index (χ0v) is 17.5. The van der Waals surface area contributed by atoms with E-state index in [0.29, 0.717) is 13.2 Å². The van der Waals surface area contributed by atoms with Gasteiger partial charge < -0.3 is 28.4 Å². The van der Waals surface area contributed by atoms with Crippen LogP contribution in [0, 0.1) is 0 Å². The van der Waals surface area contributed by atoms with E-state index >= 15 is 0 Å². The van der Waals surface area contributed by atoms with Gasteiger partial charge in [-0.2, -0.15) is 0 Å². The topological polar surface area (TPSA) is 55.4 Å². The van der Waals surface area contributed by atoms with Crippen molar-refractivity contribution in [2.75, 3.05) is 80.3 Å². The third-order valence-electron chi connectivity index (χ3n) is 2.11. The van der Waals surface area contributed by atoms with Crippen molar-refractivity contribution in [2.45, 2.75) is 41.5 Å². The highest BCUT2D eigenvalue weighted by molar-refractivity contribution is 4.25. The molecule has 0 aliphatic heterocycles. The van der Waals surface area contributed by atoms with Crippen molar-refractivity contribution in [3.8, 4) is 0 Å². The number of methoxy groups -OCH3 is 2. The first-order chi connectivity index (χ1) is 11.7. The minimum Gasteiger partial charge on any atom is -0.385 e. The fraction of sp³-hybridized carbons (Fsp3) is 1.00. The van der Waals surface area contributed by atoms with E-state index in [1.54, 1.807) is 14.2 Å². The predicted octanol–water partition coefficient (Wildman–Crippen LogP) is 3.42. The Hall–Kier alpha value is -0.240. The molecular weight excluding hydrogens is 312 g/mol. The van der Waals surface area contributed by atoms with Gasteiger partial charge in [0.1, 0.15) is 0 Å². The normalized spacial score (nSPS) is 9.00. The van der Waals surface area contributed by atoms with Crippen LogP contribution in [-0.2, 0) is 28.4 Å². The quantitative estimate of drug-likeness (QED) is 0.499. The van der Waals surface area contributed by atoms with Crippen LogP contribution in [0.5, 0.6) is 0 Å². The first kappa shape index (κ1) is 31.5. The largest absolute Gasteiger partial charge is 0.385 e. The molecule has 24 heavy (non-hydrogen) atoms. The molecule has 0 aromatic rings. The molecule has 0 saturated heterocycles. The van der Waals surface area contributed by atoms with Crippen LogP contribution in [0.4, 0.5) is 0 Å². The van der Waals surface area contributed by atoms with Crippen molar-refractivity contribution < 1.29 is 28.4 Å². The average Bonchev–Trinajstić information content (AvgIpc) is 2.61. The van der Waals surface area contributed by atoms with E-state index in [2.05, 4.69) is 4.74 Å². The van der Waals surface area contributed by atoms with Crippen molar-refractivity contribution >= 4 is 0 Å². The summed E-state index contributed by atoms with van der Waals surface area (Å²) in [6.07, 6.45) is 0. The van der Waals surface area contributed by atoms with Crippen molar-refractivity contribution in [1.29, 1.82) is 0 Å². The second-order valence-electron chi connectivity index (χ2n) is 3.94. The molecule has 0 aromatic heterocycles. The van der Waals surface area contributed by atoms with Gasteiger partial charge in [-0.25, -0.2) is 0 Å². The Bertz CT molecular complexity index is 133. The van der Waals surface area contributed by atoms with E-state index in [0.717, 1.165) is 52.9 Å². The van der Waals surface area contributed by atoms with Crippen LogP contribution in [0.25, 0.3) is 0 Å². The Morgan fingerprint density at radius 3 is 0.833 bits per heavy atom. The summed E-state index contributed by atoms with van der Waals surface area (Å²) >= 11 is 0. The first-order valence-corrected chi connectivity index (χ1v) is 8.95. The zero-order chi connectivity index (χ0) is 19.3. The second-order valence-corrected chi connectivity index (χ2v) is 3.94. The summed E-state index contributed by atoms with van der Waals surface area (Å²) in [6.45, 7) is 19.6. The lowest BCUT2D eigenvalue weighted by Gasteiger charge is -1.99. The Morgan fingerprint density at radius 2 is 0.667 bits per heavy atom. The van der Waals surface area contributed by atoms with Crippen molar-refractivity contribution in [1.82, 2.24) is 0 Å². The van der Waals surface area contributed by atoms with E-state index in [1.165, 1.54) is 0 Å². The van der Waals surface area contributed by atoms with Crippen LogP contribution in [0.1, 0.15) is 41.5 Å². The Kier molecular flexibility index (Phi) is 57.0. The summed E-state index contributed by atoms with van der Waals surface area (Å²) < 4.78 is 29.1. The fourth-order valence-electron chi connectivity index (χ4n) is 0.897. The molecule has 0 N–H and O–H groups in total. The van der Waals surface area contributed by atoms with Gasteiger partial charge in [0.25, 0.3) is 0 Å². The van der Waals surface area contributed by atoms with Gasteiger partial charge in [-0.1, -0.05) is 0 Å². The summed E-state index contributed by atoms with van der Waals surface area (Å²) in [7, 11) is 3.35. The molecule has 0 rings (SSSR count). The number of hydrogen-bond donors (Lipinski definition) is 0. The average molecular weight is 357 g/mol. The number of ether oxygens (including phenoxy) is 6. The highest BCUT2D eigenvalue weighted by Gasteiger charge is 1.81. The van der Waals surface area contributed by atoms with Crippen LogP contribution in [0.3, 0.4) is 0 Å². The smallest absolute Gasteiger partial charge is 0.0700 e. The molecule has 0 unspecified atom stereocenters. The van der Waals surface area contributed by atoms with E-state index in [4.69, 9.17) is 23.7 Å². The molecule has 0 saturated carbocycles.